The number of nitrogens with zero attached hydrogens (tertiary/aromatic N) is 4. The van der Waals surface area contributed by atoms with Gasteiger partial charge < -0.3 is 23.7 Å². The summed E-state index contributed by atoms with van der Waals surface area (Å²) in [4.78, 5) is 16.4. The molecule has 0 unspecified atom stereocenters. The summed E-state index contributed by atoms with van der Waals surface area (Å²) < 4.78 is 16.2. The predicted molar refractivity (Wildman–Crippen MR) is 97.6 cm³/mol. The summed E-state index contributed by atoms with van der Waals surface area (Å²) >= 11 is 1.25. The molecule has 0 atom stereocenters. The molecule has 1 saturated heterocycles. The van der Waals surface area contributed by atoms with Crippen LogP contribution < -0.4 is 9.47 Å². The molecule has 9 heteroatoms. The van der Waals surface area contributed by atoms with Crippen molar-refractivity contribution < 1.29 is 18.7 Å². The molecule has 26 heavy (non-hydrogen) atoms. The second kappa shape index (κ2) is 8.41. The van der Waals surface area contributed by atoms with Crippen LogP contribution >= 0.6 is 11.8 Å². The summed E-state index contributed by atoms with van der Waals surface area (Å²) in [5.74, 6) is 2.00. The Hall–Kier alpha value is -2.26. The van der Waals surface area contributed by atoms with Crippen molar-refractivity contribution in [2.24, 2.45) is 0 Å². The molecule has 0 radical (unpaired) electrons. The van der Waals surface area contributed by atoms with E-state index in [9.17, 15) is 4.79 Å². The van der Waals surface area contributed by atoms with Gasteiger partial charge in [0, 0.05) is 37.8 Å². The van der Waals surface area contributed by atoms with Gasteiger partial charge in [0.15, 0.2) is 0 Å². The minimum atomic E-state index is 0.0888. The van der Waals surface area contributed by atoms with E-state index >= 15 is 0 Å². The number of likely N-dealkylation sites (N-methyl/N-ethyl adjacent to an activating group) is 1. The molecular weight excluding hydrogens is 356 g/mol. The Morgan fingerprint density at radius 1 is 1.12 bits per heavy atom. The van der Waals surface area contributed by atoms with E-state index < -0.39 is 0 Å². The first kappa shape index (κ1) is 18.5. The van der Waals surface area contributed by atoms with Crippen molar-refractivity contribution in [3.63, 3.8) is 0 Å². The lowest BCUT2D eigenvalue weighted by Crippen LogP contribution is -2.47. The number of thioether (sulfide) groups is 1. The van der Waals surface area contributed by atoms with Crippen LogP contribution in [0.15, 0.2) is 27.8 Å². The molecule has 3 rings (SSSR count). The maximum atomic E-state index is 12.3. The molecule has 140 valence electrons. The van der Waals surface area contributed by atoms with E-state index in [1.54, 1.807) is 32.4 Å². The van der Waals surface area contributed by atoms with Crippen molar-refractivity contribution >= 4 is 17.7 Å². The molecule has 1 aromatic carbocycles. The van der Waals surface area contributed by atoms with E-state index in [-0.39, 0.29) is 11.7 Å². The first-order chi connectivity index (χ1) is 12.6. The van der Waals surface area contributed by atoms with Gasteiger partial charge in [-0.2, -0.15) is 0 Å². The van der Waals surface area contributed by atoms with Crippen LogP contribution in [0.25, 0.3) is 11.5 Å². The lowest BCUT2D eigenvalue weighted by molar-refractivity contribution is -0.129. The van der Waals surface area contributed by atoms with Crippen molar-refractivity contribution in [2.45, 2.75) is 5.22 Å². The number of benzene rings is 1. The molecule has 0 saturated carbocycles. The Morgan fingerprint density at radius 2 is 1.77 bits per heavy atom. The molecule has 8 nitrogen and oxygen atoms in total. The fraction of sp³-hybridized carbons (Fsp3) is 0.471. The highest BCUT2D eigenvalue weighted by molar-refractivity contribution is 7.99. The Kier molecular flexibility index (Phi) is 6.00. The molecule has 0 bridgehead atoms. The van der Waals surface area contributed by atoms with Gasteiger partial charge in [-0.3, -0.25) is 4.79 Å². The molecule has 0 N–H and O–H groups in total. The fourth-order valence-electron chi connectivity index (χ4n) is 2.59. The molecule has 1 aliphatic rings. The van der Waals surface area contributed by atoms with Crippen LogP contribution in [0.2, 0.25) is 0 Å². The van der Waals surface area contributed by atoms with Gasteiger partial charge in [-0.25, -0.2) is 0 Å². The van der Waals surface area contributed by atoms with Crippen molar-refractivity contribution in [2.75, 3.05) is 53.2 Å². The molecule has 1 aromatic heterocycles. The van der Waals surface area contributed by atoms with Crippen molar-refractivity contribution in [3.05, 3.63) is 18.2 Å². The van der Waals surface area contributed by atoms with E-state index in [0.717, 1.165) is 26.2 Å². The average Bonchev–Trinajstić information content (AvgIpc) is 3.15. The SMILES string of the molecule is COc1cc(OC)cc(-c2nnc(SCC(=O)N3CCN(C)CC3)o2)c1. The molecule has 2 aromatic rings. The second-order valence-corrected chi connectivity index (χ2v) is 6.87. The summed E-state index contributed by atoms with van der Waals surface area (Å²) in [6.45, 7) is 3.32. The molecular formula is C17H22N4O4S. The number of methoxy groups -OCH3 is 2. The van der Waals surface area contributed by atoms with Gasteiger partial charge >= 0.3 is 0 Å². The maximum absolute atomic E-state index is 12.3. The van der Waals surface area contributed by atoms with Crippen molar-refractivity contribution in [1.29, 1.82) is 0 Å². The molecule has 2 heterocycles. The lowest BCUT2D eigenvalue weighted by Gasteiger charge is -2.32. The number of ether oxygens (including phenoxy) is 2. The third-order valence-electron chi connectivity index (χ3n) is 4.18. The number of hydrogen-bond donors (Lipinski definition) is 0. The smallest absolute Gasteiger partial charge is 0.277 e. The number of carbonyl (C=O) groups excluding carboxylic acids is 1. The van der Waals surface area contributed by atoms with Crippen molar-refractivity contribution in [1.82, 2.24) is 20.0 Å². The number of rotatable bonds is 6. The molecule has 1 aliphatic heterocycles. The van der Waals surface area contributed by atoms with Gasteiger partial charge in [0.2, 0.25) is 11.8 Å². The van der Waals surface area contributed by atoms with E-state index in [1.165, 1.54) is 11.8 Å². The van der Waals surface area contributed by atoms with Gasteiger partial charge in [0.05, 0.1) is 20.0 Å². The van der Waals surface area contributed by atoms with Gasteiger partial charge in [0.25, 0.3) is 5.22 Å². The first-order valence-corrected chi connectivity index (χ1v) is 9.23. The standard InChI is InChI=1S/C17H22N4O4S/c1-20-4-6-21(7-5-20)15(22)11-26-17-19-18-16(25-17)12-8-13(23-2)10-14(9-12)24-3/h8-10H,4-7,11H2,1-3H3. The summed E-state index contributed by atoms with van der Waals surface area (Å²) in [7, 11) is 5.22. The normalized spacial score (nSPS) is 15.1. The predicted octanol–water partition coefficient (Wildman–Crippen LogP) is 1.62. The van der Waals surface area contributed by atoms with Crippen LogP contribution in [0.3, 0.4) is 0 Å². The van der Waals surface area contributed by atoms with Crippen LogP contribution in [0, 0.1) is 0 Å². The summed E-state index contributed by atoms with van der Waals surface area (Å²) in [6, 6.07) is 5.35. The minimum Gasteiger partial charge on any atom is -0.497 e. The number of amides is 1. The van der Waals surface area contributed by atoms with Crippen LogP contribution in [0.4, 0.5) is 0 Å². The van der Waals surface area contributed by atoms with E-state index in [2.05, 4.69) is 22.1 Å². The molecule has 1 amide bonds. The van der Waals surface area contributed by atoms with Crippen LogP contribution in [0.1, 0.15) is 0 Å². The largest absolute Gasteiger partial charge is 0.497 e. The van der Waals surface area contributed by atoms with Crippen LogP contribution in [-0.2, 0) is 4.79 Å². The first-order valence-electron chi connectivity index (χ1n) is 8.25. The van der Waals surface area contributed by atoms with Gasteiger partial charge in [0.1, 0.15) is 11.5 Å². The average molecular weight is 378 g/mol. The van der Waals surface area contributed by atoms with Crippen LogP contribution in [-0.4, -0.2) is 79.1 Å². The van der Waals surface area contributed by atoms with Gasteiger partial charge in [-0.05, 0) is 19.2 Å². The quantitative estimate of drug-likeness (QED) is 0.702. The zero-order valence-corrected chi connectivity index (χ0v) is 15.9. The monoisotopic (exact) mass is 378 g/mol. The maximum Gasteiger partial charge on any atom is 0.277 e. The minimum absolute atomic E-state index is 0.0888. The van der Waals surface area contributed by atoms with Gasteiger partial charge in [-0.15, -0.1) is 10.2 Å². The Labute approximate surface area is 156 Å². The highest BCUT2D eigenvalue weighted by atomic mass is 32.2. The summed E-state index contributed by atoms with van der Waals surface area (Å²) in [5.41, 5.74) is 0.700. The highest BCUT2D eigenvalue weighted by Gasteiger charge is 2.20. The molecule has 1 fully saturated rings. The Morgan fingerprint density at radius 3 is 2.38 bits per heavy atom. The zero-order valence-electron chi connectivity index (χ0n) is 15.1. The second-order valence-electron chi connectivity index (χ2n) is 5.95. The summed E-state index contributed by atoms with van der Waals surface area (Å²) in [6.07, 6.45) is 0. The highest BCUT2D eigenvalue weighted by Crippen LogP contribution is 2.30. The van der Waals surface area contributed by atoms with Crippen LogP contribution in [0.5, 0.6) is 11.5 Å². The number of piperazine rings is 1. The van der Waals surface area contributed by atoms with Crippen molar-refractivity contribution in [3.8, 4) is 23.0 Å². The van der Waals surface area contributed by atoms with E-state index in [0.29, 0.717) is 28.2 Å². The number of aromatic nitrogens is 2. The van der Waals surface area contributed by atoms with E-state index in [1.807, 2.05) is 4.90 Å². The Bertz CT molecular complexity index is 737. The van der Waals surface area contributed by atoms with Gasteiger partial charge in [-0.1, -0.05) is 11.8 Å². The molecule has 0 spiro atoms. The number of carbonyl (C=O) groups is 1. The molecule has 0 aliphatic carbocycles. The van der Waals surface area contributed by atoms with E-state index in [4.69, 9.17) is 13.9 Å². The fourth-order valence-corrected chi connectivity index (χ4v) is 3.25. The topological polar surface area (TPSA) is 80.9 Å². The number of hydrogen-bond acceptors (Lipinski definition) is 8. The lowest BCUT2D eigenvalue weighted by atomic mass is 10.2. The summed E-state index contributed by atoms with van der Waals surface area (Å²) in [5, 5.41) is 8.44. The third-order valence-corrected chi connectivity index (χ3v) is 4.98. The zero-order chi connectivity index (χ0) is 18.5. The Balaban J connectivity index is 1.62. The third kappa shape index (κ3) is 4.47.